The van der Waals surface area contributed by atoms with E-state index in [0.29, 0.717) is 0 Å². The third kappa shape index (κ3) is 3.37. The van der Waals surface area contributed by atoms with Crippen LogP contribution in [0.3, 0.4) is 0 Å². The number of amides is 1. The molecule has 20 heavy (non-hydrogen) atoms. The predicted octanol–water partition coefficient (Wildman–Crippen LogP) is 1.02. The minimum atomic E-state index is -4.47. The van der Waals surface area contributed by atoms with E-state index < -0.39 is 20.9 Å². The molecule has 2 rings (SSSR count). The highest BCUT2D eigenvalue weighted by Crippen LogP contribution is 2.20. The van der Waals surface area contributed by atoms with Gasteiger partial charge in [0.1, 0.15) is 4.90 Å². The zero-order valence-electron chi connectivity index (χ0n) is 10.5. The molecule has 0 aliphatic carbocycles. The molecule has 1 fully saturated rings. The van der Waals surface area contributed by atoms with Crippen LogP contribution in [0.2, 0.25) is 0 Å². The second kappa shape index (κ2) is 5.92. The molecule has 1 aliphatic rings. The molecule has 1 heterocycles. The van der Waals surface area contributed by atoms with Crippen LogP contribution in [0.15, 0.2) is 34.2 Å². The molecule has 2 N–H and O–H groups in total. The topological polar surface area (TPSA) is 110 Å². The molecular formula is C11H12N3O4S2. The van der Waals surface area contributed by atoms with Gasteiger partial charge < -0.3 is 0 Å². The maximum atomic E-state index is 12.0. The van der Waals surface area contributed by atoms with E-state index in [1.165, 1.54) is 30.0 Å². The second-order valence-electron chi connectivity index (χ2n) is 3.93. The first-order valence-electron chi connectivity index (χ1n) is 5.74. The highest BCUT2D eigenvalue weighted by molar-refractivity contribution is 8.14. The van der Waals surface area contributed by atoms with E-state index in [1.54, 1.807) is 0 Å². The van der Waals surface area contributed by atoms with Crippen molar-refractivity contribution in [2.45, 2.75) is 23.6 Å². The highest BCUT2D eigenvalue weighted by Gasteiger charge is 2.24. The number of thioether (sulfide) groups is 1. The number of carbonyl (C=O) groups is 1. The summed E-state index contributed by atoms with van der Waals surface area (Å²) in [5.74, 6) is -0.761. The average molecular weight is 314 g/mol. The van der Waals surface area contributed by atoms with Gasteiger partial charge in [-0.3, -0.25) is 9.35 Å². The molecule has 1 radical (unpaired) electrons. The van der Waals surface area contributed by atoms with Crippen molar-refractivity contribution < 1.29 is 17.8 Å². The Morgan fingerprint density at radius 2 is 2.20 bits per heavy atom. The first-order chi connectivity index (χ1) is 9.41. The lowest BCUT2D eigenvalue weighted by Crippen LogP contribution is -2.24. The van der Waals surface area contributed by atoms with Gasteiger partial charge in [-0.2, -0.15) is 24.3 Å². The lowest BCUT2D eigenvalue weighted by atomic mass is 10.2. The molecule has 0 bridgehead atoms. The molecule has 7 nitrogen and oxygen atoms in total. The van der Waals surface area contributed by atoms with Gasteiger partial charge in [0.2, 0.25) is 5.17 Å². The molecule has 1 saturated heterocycles. The van der Waals surface area contributed by atoms with Crippen LogP contribution in [0.5, 0.6) is 0 Å². The summed E-state index contributed by atoms with van der Waals surface area (Å²) in [7, 11) is -4.47. The maximum absolute atomic E-state index is 12.0. The van der Waals surface area contributed by atoms with Crippen molar-refractivity contribution in [1.29, 1.82) is 0 Å². The fourth-order valence-electron chi connectivity index (χ4n) is 1.55. The Kier molecular flexibility index (Phi) is 4.43. The summed E-state index contributed by atoms with van der Waals surface area (Å²) < 4.78 is 31.5. The predicted molar refractivity (Wildman–Crippen MR) is 75.0 cm³/mol. The van der Waals surface area contributed by atoms with Gasteiger partial charge in [-0.05, 0) is 18.6 Å². The summed E-state index contributed by atoms with van der Waals surface area (Å²) in [5.41, 5.74) is 6.49. The van der Waals surface area contributed by atoms with Crippen molar-refractivity contribution in [2.75, 3.05) is 0 Å². The van der Waals surface area contributed by atoms with Gasteiger partial charge in [0, 0.05) is 0 Å². The van der Waals surface area contributed by atoms with Gasteiger partial charge in [-0.25, -0.2) is 0 Å². The molecule has 0 aromatic heterocycles. The molecule has 1 aliphatic heterocycles. The molecule has 1 aromatic rings. The van der Waals surface area contributed by atoms with Crippen molar-refractivity contribution in [3.05, 3.63) is 29.8 Å². The Morgan fingerprint density at radius 1 is 1.50 bits per heavy atom. The van der Waals surface area contributed by atoms with Crippen LogP contribution >= 0.6 is 11.8 Å². The lowest BCUT2D eigenvalue weighted by molar-refractivity contribution is 0.0999. The zero-order valence-corrected chi connectivity index (χ0v) is 12.1. The van der Waals surface area contributed by atoms with E-state index in [4.69, 9.17) is 4.55 Å². The normalized spacial score (nSPS) is 20.9. The summed E-state index contributed by atoms with van der Waals surface area (Å²) in [4.78, 5) is 15.3. The number of aliphatic imine (C=N–C) groups is 1. The van der Waals surface area contributed by atoms with E-state index in [-0.39, 0.29) is 16.1 Å². The largest absolute Gasteiger partial charge is 0.295 e. The average Bonchev–Trinajstić information content (AvgIpc) is 2.85. The third-order valence-electron chi connectivity index (χ3n) is 2.52. The quantitative estimate of drug-likeness (QED) is 0.806. The number of hydrogen-bond donors (Lipinski definition) is 2. The first-order valence-corrected chi connectivity index (χ1v) is 8.06. The molecule has 1 aromatic carbocycles. The van der Waals surface area contributed by atoms with E-state index in [1.807, 2.05) is 6.92 Å². The van der Waals surface area contributed by atoms with Crippen molar-refractivity contribution in [1.82, 2.24) is 10.9 Å². The van der Waals surface area contributed by atoms with Crippen molar-refractivity contribution in [2.24, 2.45) is 4.99 Å². The molecule has 107 valence electrons. The maximum Gasteiger partial charge on any atom is 0.295 e. The molecule has 9 heteroatoms. The lowest BCUT2D eigenvalue weighted by Gasteiger charge is -2.02. The van der Waals surface area contributed by atoms with E-state index >= 15 is 0 Å². The Labute approximate surface area is 120 Å². The number of carbonyl (C=O) groups excluding carboxylic acids is 1. The van der Waals surface area contributed by atoms with Gasteiger partial charge in [0.05, 0.1) is 10.9 Å². The Morgan fingerprint density at radius 3 is 2.80 bits per heavy atom. The summed E-state index contributed by atoms with van der Waals surface area (Å²) in [6.07, 6.45) is 0.809. The van der Waals surface area contributed by atoms with Crippen molar-refractivity contribution >= 4 is 33.0 Å². The summed E-state index contributed by atoms with van der Waals surface area (Å²) >= 11 is 1.29. The first kappa shape index (κ1) is 15.0. The molecule has 0 spiro atoms. The van der Waals surface area contributed by atoms with Crippen molar-refractivity contribution in [3.8, 4) is 0 Å². The molecule has 1 atom stereocenters. The number of amidine groups is 1. The van der Waals surface area contributed by atoms with Crippen LogP contribution in [-0.4, -0.2) is 29.4 Å². The monoisotopic (exact) mass is 314 g/mol. The molecule has 1 unspecified atom stereocenters. The van der Waals surface area contributed by atoms with Crippen LogP contribution in [0.25, 0.3) is 0 Å². The SMILES string of the molecule is CCC1N[N]C(=NC(=O)c2ccccc2S(=O)(=O)O)S1. The van der Waals surface area contributed by atoms with Gasteiger partial charge in [0.15, 0.2) is 0 Å². The number of benzene rings is 1. The fraction of sp³-hybridized carbons (Fsp3) is 0.273. The molecule has 1 amide bonds. The third-order valence-corrected chi connectivity index (χ3v) is 4.54. The van der Waals surface area contributed by atoms with E-state index in [0.717, 1.165) is 12.5 Å². The van der Waals surface area contributed by atoms with E-state index in [2.05, 4.69) is 15.8 Å². The number of rotatable bonds is 3. The van der Waals surface area contributed by atoms with E-state index in [9.17, 15) is 13.2 Å². The van der Waals surface area contributed by atoms with Gasteiger partial charge in [-0.15, -0.1) is 0 Å². The van der Waals surface area contributed by atoms with Crippen LogP contribution in [-0.2, 0) is 10.1 Å². The fourth-order valence-corrected chi connectivity index (χ4v) is 3.00. The standard InChI is InChI=1S/C11H12N3O4S2/c1-2-9-13-14-11(19-9)12-10(15)7-5-3-4-6-8(7)20(16,17)18/h3-6,9,13H,2H2,1H3,(H,16,17,18). The smallest absolute Gasteiger partial charge is 0.282 e. The zero-order chi connectivity index (χ0) is 14.8. The second-order valence-corrected chi connectivity index (χ2v) is 6.49. The van der Waals surface area contributed by atoms with Gasteiger partial charge >= 0.3 is 0 Å². The number of nitrogens with zero attached hydrogens (tertiary/aromatic N) is 2. The number of nitrogens with one attached hydrogen (secondary N) is 1. The Balaban J connectivity index is 2.29. The summed E-state index contributed by atoms with van der Waals surface area (Å²) in [6, 6.07) is 5.35. The van der Waals surface area contributed by atoms with Crippen LogP contribution in [0.4, 0.5) is 0 Å². The highest BCUT2D eigenvalue weighted by atomic mass is 32.2. The minimum absolute atomic E-state index is 0.0540. The Bertz CT molecular complexity index is 657. The van der Waals surface area contributed by atoms with Crippen LogP contribution in [0.1, 0.15) is 23.7 Å². The molecule has 0 saturated carbocycles. The van der Waals surface area contributed by atoms with Gasteiger partial charge in [0.25, 0.3) is 16.0 Å². The van der Waals surface area contributed by atoms with Crippen LogP contribution < -0.4 is 10.9 Å². The Hall–Kier alpha value is -1.42. The van der Waals surface area contributed by atoms with Crippen LogP contribution in [0, 0.1) is 0 Å². The van der Waals surface area contributed by atoms with Crippen molar-refractivity contribution in [3.63, 3.8) is 0 Å². The summed E-state index contributed by atoms with van der Waals surface area (Å²) in [6.45, 7) is 1.96. The van der Waals surface area contributed by atoms with Gasteiger partial charge in [-0.1, -0.05) is 30.8 Å². The molecular weight excluding hydrogens is 302 g/mol. The summed E-state index contributed by atoms with van der Waals surface area (Å²) in [5, 5.41) is 0.297. The number of hydrogen-bond acceptors (Lipinski definition) is 5. The minimum Gasteiger partial charge on any atom is -0.282 e.